The summed E-state index contributed by atoms with van der Waals surface area (Å²) >= 11 is 0. The minimum Gasteiger partial charge on any atom is -0.367 e. The van der Waals surface area contributed by atoms with Gasteiger partial charge in [0.25, 0.3) is 0 Å². The second-order valence-electron chi connectivity index (χ2n) is 4.54. The van der Waals surface area contributed by atoms with Crippen molar-refractivity contribution < 1.29 is 8.78 Å². The molecule has 0 saturated heterocycles. The third-order valence-electron chi connectivity index (χ3n) is 3.60. The van der Waals surface area contributed by atoms with Crippen molar-refractivity contribution in [2.45, 2.75) is 32.6 Å². The lowest BCUT2D eigenvalue weighted by Crippen LogP contribution is -2.36. The number of aromatic nitrogens is 1. The SMILES string of the molecule is CCC1(CNc2ncc(F)cc2F)CCC1. The highest BCUT2D eigenvalue weighted by Crippen LogP contribution is 2.43. The Hall–Kier alpha value is -1.19. The number of pyridine rings is 1. The first kappa shape index (κ1) is 11.3. The number of nitrogens with zero attached hydrogens (tertiary/aromatic N) is 1. The van der Waals surface area contributed by atoms with E-state index >= 15 is 0 Å². The van der Waals surface area contributed by atoms with E-state index in [2.05, 4.69) is 17.2 Å². The molecule has 0 atom stereocenters. The van der Waals surface area contributed by atoms with E-state index in [1.54, 1.807) is 0 Å². The molecule has 2 rings (SSSR count). The Balaban J connectivity index is 1.99. The predicted octanol–water partition coefficient (Wildman–Crippen LogP) is 3.35. The van der Waals surface area contributed by atoms with Gasteiger partial charge < -0.3 is 5.32 Å². The highest BCUT2D eigenvalue weighted by atomic mass is 19.1. The van der Waals surface area contributed by atoms with Crippen LogP contribution in [0.1, 0.15) is 32.6 Å². The summed E-state index contributed by atoms with van der Waals surface area (Å²) in [6.07, 6.45) is 5.72. The van der Waals surface area contributed by atoms with Gasteiger partial charge in [-0.15, -0.1) is 0 Å². The zero-order valence-corrected chi connectivity index (χ0v) is 9.39. The molecule has 0 amide bonds. The molecule has 0 aromatic carbocycles. The Morgan fingerprint density at radius 3 is 2.69 bits per heavy atom. The molecule has 0 aliphatic heterocycles. The molecule has 1 fully saturated rings. The quantitative estimate of drug-likeness (QED) is 0.851. The van der Waals surface area contributed by atoms with E-state index in [-0.39, 0.29) is 5.82 Å². The van der Waals surface area contributed by atoms with Crippen LogP contribution in [0.15, 0.2) is 12.3 Å². The normalized spacial score (nSPS) is 17.9. The number of anilines is 1. The van der Waals surface area contributed by atoms with E-state index in [9.17, 15) is 8.78 Å². The molecule has 0 bridgehead atoms. The van der Waals surface area contributed by atoms with Gasteiger partial charge in [0.1, 0.15) is 5.82 Å². The van der Waals surface area contributed by atoms with Crippen molar-refractivity contribution in [2.75, 3.05) is 11.9 Å². The molecule has 1 aromatic rings. The Kier molecular flexibility index (Phi) is 3.08. The highest BCUT2D eigenvalue weighted by molar-refractivity contribution is 5.36. The van der Waals surface area contributed by atoms with Gasteiger partial charge in [-0.1, -0.05) is 13.3 Å². The summed E-state index contributed by atoms with van der Waals surface area (Å²) in [4.78, 5) is 3.71. The Morgan fingerprint density at radius 1 is 1.44 bits per heavy atom. The van der Waals surface area contributed by atoms with Crippen LogP contribution >= 0.6 is 0 Å². The predicted molar refractivity (Wildman–Crippen MR) is 59.2 cm³/mol. The van der Waals surface area contributed by atoms with E-state index < -0.39 is 11.6 Å². The van der Waals surface area contributed by atoms with Gasteiger partial charge in [-0.3, -0.25) is 0 Å². The van der Waals surface area contributed by atoms with Crippen LogP contribution in [0.2, 0.25) is 0 Å². The molecular formula is C12H16F2N2. The highest BCUT2D eigenvalue weighted by Gasteiger charge is 2.34. The Bertz CT molecular complexity index is 370. The van der Waals surface area contributed by atoms with Crippen LogP contribution in [0, 0.1) is 17.0 Å². The summed E-state index contributed by atoms with van der Waals surface area (Å²) in [6, 6.07) is 0.856. The molecule has 2 nitrogen and oxygen atoms in total. The van der Waals surface area contributed by atoms with Crippen molar-refractivity contribution in [1.82, 2.24) is 4.98 Å². The van der Waals surface area contributed by atoms with Gasteiger partial charge in [0.15, 0.2) is 11.6 Å². The second-order valence-corrected chi connectivity index (χ2v) is 4.54. The van der Waals surface area contributed by atoms with Crippen LogP contribution in [-0.2, 0) is 0 Å². The van der Waals surface area contributed by atoms with Crippen molar-refractivity contribution in [3.63, 3.8) is 0 Å². The van der Waals surface area contributed by atoms with Gasteiger partial charge in [0, 0.05) is 12.6 Å². The van der Waals surface area contributed by atoms with Crippen molar-refractivity contribution in [3.05, 3.63) is 23.9 Å². The van der Waals surface area contributed by atoms with E-state index in [0.29, 0.717) is 5.41 Å². The number of rotatable bonds is 4. The van der Waals surface area contributed by atoms with E-state index in [0.717, 1.165) is 25.2 Å². The van der Waals surface area contributed by atoms with Crippen molar-refractivity contribution in [3.8, 4) is 0 Å². The largest absolute Gasteiger partial charge is 0.367 e. The zero-order chi connectivity index (χ0) is 11.6. The number of hydrogen-bond acceptors (Lipinski definition) is 2. The minimum atomic E-state index is -0.642. The van der Waals surface area contributed by atoms with Gasteiger partial charge in [-0.2, -0.15) is 0 Å². The molecule has 0 radical (unpaired) electrons. The maximum Gasteiger partial charge on any atom is 0.168 e. The second kappa shape index (κ2) is 4.36. The zero-order valence-electron chi connectivity index (χ0n) is 9.39. The lowest BCUT2D eigenvalue weighted by molar-refractivity contribution is 0.144. The summed E-state index contributed by atoms with van der Waals surface area (Å²) in [5.41, 5.74) is 0.294. The summed E-state index contributed by atoms with van der Waals surface area (Å²) < 4.78 is 25.9. The molecule has 0 unspecified atom stereocenters. The van der Waals surface area contributed by atoms with Gasteiger partial charge >= 0.3 is 0 Å². The average Bonchev–Trinajstić information content (AvgIpc) is 2.19. The summed E-state index contributed by atoms with van der Waals surface area (Å²) in [7, 11) is 0. The van der Waals surface area contributed by atoms with Gasteiger partial charge in [0.2, 0.25) is 0 Å². The third-order valence-corrected chi connectivity index (χ3v) is 3.60. The molecule has 16 heavy (non-hydrogen) atoms. The maximum absolute atomic E-state index is 13.3. The number of nitrogens with one attached hydrogen (secondary N) is 1. The minimum absolute atomic E-state index is 0.154. The lowest BCUT2D eigenvalue weighted by atomic mass is 9.67. The topological polar surface area (TPSA) is 24.9 Å². The summed E-state index contributed by atoms with van der Waals surface area (Å²) in [5, 5.41) is 2.98. The van der Waals surface area contributed by atoms with Crippen LogP contribution < -0.4 is 5.32 Å². The summed E-state index contributed by atoms with van der Waals surface area (Å²) in [5.74, 6) is -1.11. The van der Waals surface area contributed by atoms with Crippen LogP contribution in [0.4, 0.5) is 14.6 Å². The fraction of sp³-hybridized carbons (Fsp3) is 0.583. The standard InChI is InChI=1S/C12H16F2N2/c1-2-12(4-3-5-12)8-16-11-10(14)6-9(13)7-15-11/h6-7H,2-5,8H2,1H3,(H,15,16). The molecule has 1 heterocycles. The van der Waals surface area contributed by atoms with Crippen LogP contribution in [0.25, 0.3) is 0 Å². The van der Waals surface area contributed by atoms with Gasteiger partial charge in [-0.25, -0.2) is 13.8 Å². The lowest BCUT2D eigenvalue weighted by Gasteiger charge is -2.41. The monoisotopic (exact) mass is 226 g/mol. The fourth-order valence-electron chi connectivity index (χ4n) is 2.15. The third kappa shape index (κ3) is 2.15. The van der Waals surface area contributed by atoms with Crippen LogP contribution in [-0.4, -0.2) is 11.5 Å². The molecule has 1 aliphatic rings. The first-order valence-electron chi connectivity index (χ1n) is 5.70. The van der Waals surface area contributed by atoms with Crippen LogP contribution in [0.5, 0.6) is 0 Å². The van der Waals surface area contributed by atoms with E-state index in [1.165, 1.54) is 19.3 Å². The molecule has 1 saturated carbocycles. The average molecular weight is 226 g/mol. The Morgan fingerprint density at radius 2 is 2.19 bits per heavy atom. The van der Waals surface area contributed by atoms with Gasteiger partial charge in [0.05, 0.1) is 6.20 Å². The molecule has 0 spiro atoms. The van der Waals surface area contributed by atoms with Crippen molar-refractivity contribution >= 4 is 5.82 Å². The Labute approximate surface area is 94.1 Å². The van der Waals surface area contributed by atoms with E-state index in [1.807, 2.05) is 0 Å². The van der Waals surface area contributed by atoms with Crippen LogP contribution in [0.3, 0.4) is 0 Å². The molecule has 1 aliphatic carbocycles. The fourth-order valence-corrected chi connectivity index (χ4v) is 2.15. The van der Waals surface area contributed by atoms with E-state index in [4.69, 9.17) is 0 Å². The molecule has 4 heteroatoms. The van der Waals surface area contributed by atoms with Crippen molar-refractivity contribution in [2.24, 2.45) is 5.41 Å². The maximum atomic E-state index is 13.3. The summed E-state index contributed by atoms with van der Waals surface area (Å²) in [6.45, 7) is 2.87. The van der Waals surface area contributed by atoms with Gasteiger partial charge in [-0.05, 0) is 24.7 Å². The molecule has 1 N–H and O–H groups in total. The smallest absolute Gasteiger partial charge is 0.168 e. The molecule has 88 valence electrons. The number of hydrogen-bond donors (Lipinski definition) is 1. The number of halogens is 2. The van der Waals surface area contributed by atoms with Crippen molar-refractivity contribution in [1.29, 1.82) is 0 Å². The first-order valence-corrected chi connectivity index (χ1v) is 5.70. The molecule has 1 aromatic heterocycles. The first-order chi connectivity index (χ1) is 7.65. The molecular weight excluding hydrogens is 210 g/mol.